The lowest BCUT2D eigenvalue weighted by molar-refractivity contribution is 0.00578. The van der Waals surface area contributed by atoms with E-state index in [0.29, 0.717) is 5.75 Å². The van der Waals surface area contributed by atoms with Gasteiger partial charge in [0.05, 0.1) is 11.2 Å². The summed E-state index contributed by atoms with van der Waals surface area (Å²) in [5, 5.41) is 8.67. The second-order valence-corrected chi connectivity index (χ2v) is 5.43. The number of hydrogen-bond donors (Lipinski definition) is 1. The molecule has 1 N–H and O–H groups in total. The van der Waals surface area contributed by atoms with Gasteiger partial charge in [0.2, 0.25) is 0 Å². The molecular formula is C13H19BO4. The van der Waals surface area contributed by atoms with Crippen LogP contribution >= 0.6 is 0 Å². The van der Waals surface area contributed by atoms with E-state index in [2.05, 4.69) is 0 Å². The molecule has 4 nitrogen and oxygen atoms in total. The molecule has 0 aliphatic carbocycles. The Kier molecular flexibility index (Phi) is 3.40. The van der Waals surface area contributed by atoms with E-state index in [-0.39, 0.29) is 25.1 Å². The summed E-state index contributed by atoms with van der Waals surface area (Å²) in [6.07, 6.45) is 0. The van der Waals surface area contributed by atoms with Crippen LogP contribution in [0.3, 0.4) is 0 Å². The molecule has 1 aliphatic rings. The Bertz CT molecular complexity index is 398. The van der Waals surface area contributed by atoms with Crippen molar-refractivity contribution < 1.29 is 19.2 Å². The molecule has 0 unspecified atom stereocenters. The van der Waals surface area contributed by atoms with Crippen LogP contribution in [-0.4, -0.2) is 30.2 Å². The quantitative estimate of drug-likeness (QED) is 0.649. The molecule has 0 saturated carbocycles. The minimum absolute atomic E-state index is 0.324. The smallest absolute Gasteiger partial charge is 0.468 e. The molecule has 2 rings (SSSR count). The molecule has 1 saturated heterocycles. The third kappa shape index (κ3) is 2.39. The van der Waals surface area contributed by atoms with Crippen LogP contribution in [0.4, 0.5) is 0 Å². The van der Waals surface area contributed by atoms with Gasteiger partial charge in [-0.05, 0) is 45.3 Å². The van der Waals surface area contributed by atoms with Gasteiger partial charge >= 0.3 is 7.12 Å². The van der Waals surface area contributed by atoms with E-state index in [9.17, 15) is 0 Å². The molecule has 1 aromatic rings. The molecule has 0 amide bonds. The van der Waals surface area contributed by atoms with Crippen molar-refractivity contribution in [2.75, 3.05) is 6.79 Å². The minimum atomic E-state index is -0.363. The zero-order valence-corrected chi connectivity index (χ0v) is 11.3. The Labute approximate surface area is 108 Å². The van der Waals surface area contributed by atoms with E-state index in [1.165, 1.54) is 0 Å². The molecule has 0 bridgehead atoms. The van der Waals surface area contributed by atoms with Crippen molar-refractivity contribution in [3.05, 3.63) is 24.3 Å². The molecule has 18 heavy (non-hydrogen) atoms. The molecule has 98 valence electrons. The third-order valence-corrected chi connectivity index (χ3v) is 3.64. The number of benzene rings is 1. The lowest BCUT2D eigenvalue weighted by Crippen LogP contribution is -2.41. The lowest BCUT2D eigenvalue weighted by Gasteiger charge is -2.32. The maximum Gasteiger partial charge on any atom is 0.494 e. The highest BCUT2D eigenvalue weighted by Gasteiger charge is 2.51. The van der Waals surface area contributed by atoms with Crippen LogP contribution in [0.25, 0.3) is 0 Å². The molecular weight excluding hydrogens is 231 g/mol. The first-order valence-corrected chi connectivity index (χ1v) is 6.05. The fourth-order valence-electron chi connectivity index (χ4n) is 1.77. The van der Waals surface area contributed by atoms with Gasteiger partial charge in [0.25, 0.3) is 0 Å². The molecule has 0 aromatic heterocycles. The molecule has 1 aliphatic heterocycles. The highest BCUT2D eigenvalue weighted by Crippen LogP contribution is 2.36. The number of rotatable bonds is 3. The highest BCUT2D eigenvalue weighted by molar-refractivity contribution is 6.62. The fourth-order valence-corrected chi connectivity index (χ4v) is 1.77. The zero-order chi connectivity index (χ0) is 13.4. The van der Waals surface area contributed by atoms with Gasteiger partial charge in [0, 0.05) is 0 Å². The van der Waals surface area contributed by atoms with Gasteiger partial charge in [-0.3, -0.25) is 0 Å². The summed E-state index contributed by atoms with van der Waals surface area (Å²) >= 11 is 0. The summed E-state index contributed by atoms with van der Waals surface area (Å²) in [5.74, 6) is 0.623. The second kappa shape index (κ2) is 4.57. The van der Waals surface area contributed by atoms with Crippen LogP contribution in [0.2, 0.25) is 0 Å². The van der Waals surface area contributed by atoms with Gasteiger partial charge in [-0.25, -0.2) is 0 Å². The maximum atomic E-state index is 8.67. The Balaban J connectivity index is 2.14. The van der Waals surface area contributed by atoms with Crippen molar-refractivity contribution in [2.24, 2.45) is 0 Å². The topological polar surface area (TPSA) is 47.9 Å². The van der Waals surface area contributed by atoms with E-state index in [1.807, 2.05) is 39.8 Å². The predicted octanol–water partition coefficient (Wildman–Crippen LogP) is 1.31. The average Bonchev–Trinajstić information content (AvgIpc) is 2.50. The van der Waals surface area contributed by atoms with Gasteiger partial charge < -0.3 is 19.2 Å². The van der Waals surface area contributed by atoms with Gasteiger partial charge in [0.1, 0.15) is 5.75 Å². The Morgan fingerprint density at radius 2 is 1.56 bits per heavy atom. The second-order valence-electron chi connectivity index (χ2n) is 5.43. The highest BCUT2D eigenvalue weighted by atomic mass is 16.7. The summed E-state index contributed by atoms with van der Waals surface area (Å²) in [7, 11) is -0.363. The van der Waals surface area contributed by atoms with Gasteiger partial charge in [-0.1, -0.05) is 12.1 Å². The number of ether oxygens (including phenoxy) is 1. The van der Waals surface area contributed by atoms with E-state index in [0.717, 1.165) is 5.46 Å². The van der Waals surface area contributed by atoms with Crippen LogP contribution in [-0.2, 0) is 9.31 Å². The normalized spacial score (nSPS) is 21.1. The van der Waals surface area contributed by atoms with Crippen LogP contribution in [0.5, 0.6) is 5.75 Å². The summed E-state index contributed by atoms with van der Waals surface area (Å²) in [6, 6.07) is 7.34. The van der Waals surface area contributed by atoms with Crippen molar-refractivity contribution in [3.63, 3.8) is 0 Å². The minimum Gasteiger partial charge on any atom is -0.468 e. The van der Waals surface area contributed by atoms with E-state index in [4.69, 9.17) is 19.2 Å². The fraction of sp³-hybridized carbons (Fsp3) is 0.538. The molecule has 1 fully saturated rings. The van der Waals surface area contributed by atoms with Crippen molar-refractivity contribution >= 4 is 12.6 Å². The van der Waals surface area contributed by atoms with Gasteiger partial charge in [-0.2, -0.15) is 0 Å². The Morgan fingerprint density at radius 1 is 1.06 bits per heavy atom. The average molecular weight is 250 g/mol. The summed E-state index contributed by atoms with van der Waals surface area (Å²) in [6.45, 7) is 7.77. The predicted molar refractivity (Wildman–Crippen MR) is 69.9 cm³/mol. The maximum absolute atomic E-state index is 8.67. The third-order valence-electron chi connectivity index (χ3n) is 3.64. The standard InChI is InChI=1S/C13H19BO4/c1-12(2)13(3,4)18-14(17-12)10-5-7-11(8-6-10)16-9-15/h5-8,15H,9H2,1-4H3. The Morgan fingerprint density at radius 3 is 2.00 bits per heavy atom. The number of aliphatic hydroxyl groups is 1. The molecule has 1 heterocycles. The molecule has 1 aromatic carbocycles. The van der Waals surface area contributed by atoms with Gasteiger partial charge in [-0.15, -0.1) is 0 Å². The van der Waals surface area contributed by atoms with Gasteiger partial charge in [0.15, 0.2) is 6.79 Å². The first-order chi connectivity index (χ1) is 8.36. The zero-order valence-electron chi connectivity index (χ0n) is 11.3. The SMILES string of the molecule is CC1(C)OB(c2ccc(OCO)cc2)OC1(C)C. The number of aliphatic hydroxyl groups excluding tert-OH is 1. The summed E-state index contributed by atoms with van der Waals surface area (Å²) < 4.78 is 16.9. The lowest BCUT2D eigenvalue weighted by atomic mass is 9.79. The van der Waals surface area contributed by atoms with Crippen molar-refractivity contribution in [1.29, 1.82) is 0 Å². The van der Waals surface area contributed by atoms with Crippen LogP contribution < -0.4 is 10.2 Å². The Hall–Kier alpha value is -1.04. The summed E-state index contributed by atoms with van der Waals surface area (Å²) in [5.41, 5.74) is 0.273. The van der Waals surface area contributed by atoms with E-state index >= 15 is 0 Å². The first-order valence-electron chi connectivity index (χ1n) is 6.05. The van der Waals surface area contributed by atoms with Crippen molar-refractivity contribution in [2.45, 2.75) is 38.9 Å². The molecule has 0 spiro atoms. The molecule has 0 atom stereocenters. The number of hydrogen-bond acceptors (Lipinski definition) is 4. The molecule has 5 heteroatoms. The largest absolute Gasteiger partial charge is 0.494 e. The van der Waals surface area contributed by atoms with Crippen LogP contribution in [0, 0.1) is 0 Å². The van der Waals surface area contributed by atoms with Crippen molar-refractivity contribution in [1.82, 2.24) is 0 Å². The molecule has 0 radical (unpaired) electrons. The monoisotopic (exact) mass is 250 g/mol. The van der Waals surface area contributed by atoms with E-state index in [1.54, 1.807) is 12.1 Å². The van der Waals surface area contributed by atoms with E-state index < -0.39 is 0 Å². The van der Waals surface area contributed by atoms with Crippen LogP contribution in [0.1, 0.15) is 27.7 Å². The van der Waals surface area contributed by atoms with Crippen LogP contribution in [0.15, 0.2) is 24.3 Å². The summed E-state index contributed by atoms with van der Waals surface area (Å²) in [4.78, 5) is 0. The first kappa shape index (κ1) is 13.4. The van der Waals surface area contributed by atoms with Crippen molar-refractivity contribution in [3.8, 4) is 5.75 Å².